The van der Waals surface area contributed by atoms with E-state index in [1.54, 1.807) is 24.3 Å². The van der Waals surface area contributed by atoms with Crippen LogP contribution in [0.3, 0.4) is 0 Å². The Hall–Kier alpha value is -2.05. The SMILES string of the molecule is COc1ccc(C(=O)CN(C(=O)c2ccccc2Cl)N2C(=O)c3c(Br)c(Br)c(Br)c(Br)c3C2=O)cc1. The van der Waals surface area contributed by atoms with Gasteiger partial charge in [0.2, 0.25) is 0 Å². The van der Waals surface area contributed by atoms with Gasteiger partial charge in [-0.15, -0.1) is 0 Å². The van der Waals surface area contributed by atoms with Crippen LogP contribution in [0.4, 0.5) is 0 Å². The van der Waals surface area contributed by atoms with Crippen LogP contribution in [0.1, 0.15) is 41.4 Å². The van der Waals surface area contributed by atoms with Gasteiger partial charge in [0.25, 0.3) is 17.7 Å². The number of ketones is 1. The first-order valence-electron chi connectivity index (χ1n) is 10.1. The Balaban J connectivity index is 1.81. The Morgan fingerprint density at radius 2 is 1.39 bits per heavy atom. The molecular weight excluding hydrogens is 751 g/mol. The van der Waals surface area contributed by atoms with Gasteiger partial charge in [-0.1, -0.05) is 23.7 Å². The summed E-state index contributed by atoms with van der Waals surface area (Å²) in [6, 6.07) is 12.4. The number of halogens is 5. The lowest BCUT2D eigenvalue weighted by molar-refractivity contribution is 0.00527. The van der Waals surface area contributed by atoms with Crippen molar-refractivity contribution < 1.29 is 23.9 Å². The number of rotatable bonds is 6. The average Bonchev–Trinajstić information content (AvgIpc) is 3.14. The minimum atomic E-state index is -0.789. The van der Waals surface area contributed by atoms with Crippen LogP contribution in [-0.2, 0) is 0 Å². The van der Waals surface area contributed by atoms with Crippen molar-refractivity contribution in [2.45, 2.75) is 0 Å². The van der Waals surface area contributed by atoms with Crippen molar-refractivity contribution in [3.8, 4) is 5.75 Å². The van der Waals surface area contributed by atoms with Crippen LogP contribution < -0.4 is 4.74 Å². The minimum Gasteiger partial charge on any atom is -0.497 e. The first kappa shape index (κ1) is 27.0. The average molecular weight is 764 g/mol. The number of nitrogens with zero attached hydrogens (tertiary/aromatic N) is 2. The van der Waals surface area contributed by atoms with Gasteiger partial charge in [0.1, 0.15) is 12.3 Å². The maximum Gasteiger partial charge on any atom is 0.282 e. The van der Waals surface area contributed by atoms with Gasteiger partial charge in [-0.05, 0) is 100 Å². The third-order valence-corrected chi connectivity index (χ3v) is 10.5. The molecule has 3 amide bonds. The Labute approximate surface area is 244 Å². The summed E-state index contributed by atoms with van der Waals surface area (Å²) >= 11 is 19.7. The summed E-state index contributed by atoms with van der Waals surface area (Å²) in [4.78, 5) is 54.0. The van der Waals surface area contributed by atoms with Crippen molar-refractivity contribution in [1.82, 2.24) is 10.0 Å². The van der Waals surface area contributed by atoms with E-state index < -0.39 is 30.0 Å². The highest BCUT2D eigenvalue weighted by atomic mass is 79.9. The summed E-state index contributed by atoms with van der Waals surface area (Å²) in [5.74, 6) is -2.31. The first-order chi connectivity index (χ1) is 17.1. The Morgan fingerprint density at radius 3 is 1.89 bits per heavy atom. The Bertz CT molecular complexity index is 1400. The fraction of sp³-hybridized carbons (Fsp3) is 0.0833. The summed E-state index contributed by atoms with van der Waals surface area (Å²) in [7, 11) is 1.50. The number of imide groups is 1. The summed E-state index contributed by atoms with van der Waals surface area (Å²) in [6.07, 6.45) is 0. The van der Waals surface area contributed by atoms with Crippen LogP contribution in [-0.4, -0.2) is 47.2 Å². The molecule has 1 aliphatic rings. The van der Waals surface area contributed by atoms with E-state index in [0.29, 0.717) is 28.6 Å². The number of hydrogen-bond donors (Lipinski definition) is 0. The summed E-state index contributed by atoms with van der Waals surface area (Å²) < 4.78 is 6.75. The standard InChI is InChI=1S/C24H13Br4ClN2O5/c1-36-12-8-6-11(7-9-12)15(32)10-30(22(33)13-4-2-3-5-14(13)29)31-23(34)16-17(24(31)35)19(26)21(28)20(27)18(16)25/h2-9H,10H2,1H3. The molecule has 1 aliphatic heterocycles. The van der Waals surface area contributed by atoms with Crippen LogP contribution >= 0.6 is 75.3 Å². The Morgan fingerprint density at radius 1 is 0.861 bits per heavy atom. The normalized spacial score (nSPS) is 12.6. The molecule has 0 atom stereocenters. The lowest BCUT2D eigenvalue weighted by atomic mass is 10.1. The lowest BCUT2D eigenvalue weighted by Gasteiger charge is -2.29. The van der Waals surface area contributed by atoms with Crippen molar-refractivity contribution in [3.05, 3.63) is 93.7 Å². The van der Waals surface area contributed by atoms with E-state index >= 15 is 0 Å². The number of methoxy groups -OCH3 is 1. The zero-order chi connectivity index (χ0) is 26.3. The number of hydrogen-bond acceptors (Lipinski definition) is 5. The third-order valence-electron chi connectivity index (χ3n) is 5.37. The molecule has 0 spiro atoms. The van der Waals surface area contributed by atoms with Gasteiger partial charge in [0.05, 0.1) is 28.8 Å². The predicted octanol–water partition coefficient (Wildman–Crippen LogP) is 6.93. The zero-order valence-corrected chi connectivity index (χ0v) is 25.3. The number of ether oxygens (including phenoxy) is 1. The van der Waals surface area contributed by atoms with Crippen LogP contribution in [0.2, 0.25) is 5.02 Å². The highest BCUT2D eigenvalue weighted by molar-refractivity contribution is 9.15. The van der Waals surface area contributed by atoms with Gasteiger partial charge in [0, 0.05) is 23.5 Å². The largest absolute Gasteiger partial charge is 0.497 e. The van der Waals surface area contributed by atoms with Gasteiger partial charge in [-0.25, -0.2) is 5.01 Å². The molecule has 3 aromatic rings. The van der Waals surface area contributed by atoms with Crippen molar-refractivity contribution in [1.29, 1.82) is 0 Å². The van der Waals surface area contributed by atoms with Crippen molar-refractivity contribution in [3.63, 3.8) is 0 Å². The van der Waals surface area contributed by atoms with Crippen molar-refractivity contribution in [2.75, 3.05) is 13.7 Å². The summed E-state index contributed by atoms with van der Waals surface area (Å²) in [5.41, 5.74) is 0.363. The number of carbonyl (C=O) groups excluding carboxylic acids is 4. The molecule has 12 heteroatoms. The monoisotopic (exact) mass is 760 g/mol. The topological polar surface area (TPSA) is 84.0 Å². The predicted molar refractivity (Wildman–Crippen MR) is 148 cm³/mol. The molecule has 0 fully saturated rings. The quantitative estimate of drug-likeness (QED) is 0.118. The summed E-state index contributed by atoms with van der Waals surface area (Å²) in [6.45, 7) is -0.598. The van der Waals surface area contributed by atoms with Crippen LogP contribution in [0, 0.1) is 0 Å². The molecule has 0 saturated carbocycles. The fourth-order valence-corrected chi connectivity index (χ4v) is 6.24. The van der Waals surface area contributed by atoms with Crippen LogP contribution in [0.15, 0.2) is 66.4 Å². The number of fused-ring (bicyclic) bond motifs is 1. The smallest absolute Gasteiger partial charge is 0.282 e. The highest BCUT2D eigenvalue weighted by Crippen LogP contribution is 2.45. The zero-order valence-electron chi connectivity index (χ0n) is 18.2. The number of carbonyl (C=O) groups is 4. The molecule has 0 bridgehead atoms. The van der Waals surface area contributed by atoms with Gasteiger partial charge in [-0.3, -0.25) is 19.2 Å². The van der Waals surface area contributed by atoms with E-state index in [4.69, 9.17) is 16.3 Å². The number of Topliss-reactive ketones (excluding diaryl/α,β-unsaturated/α-hetero) is 1. The molecule has 0 aliphatic carbocycles. The van der Waals surface area contributed by atoms with Crippen molar-refractivity contribution in [2.24, 2.45) is 0 Å². The van der Waals surface area contributed by atoms with Crippen LogP contribution in [0.25, 0.3) is 0 Å². The molecule has 0 radical (unpaired) electrons. The number of amides is 3. The molecule has 3 aromatic carbocycles. The molecule has 4 rings (SSSR count). The van der Waals surface area contributed by atoms with E-state index in [0.717, 1.165) is 5.01 Å². The van der Waals surface area contributed by atoms with Gasteiger partial charge < -0.3 is 4.74 Å². The summed E-state index contributed by atoms with van der Waals surface area (Å²) in [5, 5.41) is 1.60. The van der Waals surface area contributed by atoms with Gasteiger partial charge >= 0.3 is 0 Å². The van der Waals surface area contributed by atoms with E-state index in [1.165, 1.54) is 31.4 Å². The van der Waals surface area contributed by atoms with Crippen molar-refractivity contribution >= 4 is 98.8 Å². The molecule has 0 N–H and O–H groups in total. The number of hydrazine groups is 1. The second kappa shape index (κ2) is 10.7. The van der Waals surface area contributed by atoms with Crippen LogP contribution in [0.5, 0.6) is 5.75 Å². The number of benzene rings is 3. The Kier molecular flexibility index (Phi) is 8.06. The minimum absolute atomic E-state index is 0.0266. The van der Waals surface area contributed by atoms with E-state index in [2.05, 4.69) is 63.7 Å². The van der Waals surface area contributed by atoms with Gasteiger partial charge in [0.15, 0.2) is 5.78 Å². The maximum atomic E-state index is 13.6. The van der Waals surface area contributed by atoms with E-state index in [9.17, 15) is 19.2 Å². The fourth-order valence-electron chi connectivity index (χ4n) is 3.57. The third kappa shape index (κ3) is 4.67. The molecule has 7 nitrogen and oxygen atoms in total. The first-order valence-corrected chi connectivity index (χ1v) is 13.6. The molecule has 0 unspecified atom stereocenters. The maximum absolute atomic E-state index is 13.6. The lowest BCUT2D eigenvalue weighted by Crippen LogP contribution is -2.51. The molecular formula is C24H13Br4ClN2O5. The van der Waals surface area contributed by atoms with E-state index in [1.807, 2.05) is 0 Å². The van der Waals surface area contributed by atoms with E-state index in [-0.39, 0.29) is 27.3 Å². The highest BCUT2D eigenvalue weighted by Gasteiger charge is 2.46. The second-order valence-electron chi connectivity index (χ2n) is 7.42. The molecule has 0 aromatic heterocycles. The second-order valence-corrected chi connectivity index (χ2v) is 11.0. The molecule has 184 valence electrons. The molecule has 1 heterocycles. The molecule has 0 saturated heterocycles. The van der Waals surface area contributed by atoms with Gasteiger partial charge in [-0.2, -0.15) is 5.01 Å². The molecule has 36 heavy (non-hydrogen) atoms.